The summed E-state index contributed by atoms with van der Waals surface area (Å²) in [4.78, 5) is 0. The van der Waals surface area contributed by atoms with Crippen LogP contribution in [0.25, 0.3) is 0 Å². The van der Waals surface area contributed by atoms with E-state index in [4.69, 9.17) is 4.74 Å². The highest BCUT2D eigenvalue weighted by Crippen LogP contribution is 2.19. The Balaban J connectivity index is 1.71. The fourth-order valence-electron chi connectivity index (χ4n) is 2.24. The van der Waals surface area contributed by atoms with E-state index in [-0.39, 0.29) is 0 Å². The number of benzene rings is 1. The lowest BCUT2D eigenvalue weighted by Crippen LogP contribution is -2.21. The van der Waals surface area contributed by atoms with Gasteiger partial charge in [0.05, 0.1) is 6.61 Å². The van der Waals surface area contributed by atoms with Crippen molar-refractivity contribution in [2.45, 2.75) is 25.7 Å². The Morgan fingerprint density at radius 2 is 2.29 bits per heavy atom. The van der Waals surface area contributed by atoms with Crippen molar-refractivity contribution in [3.63, 3.8) is 0 Å². The highest BCUT2D eigenvalue weighted by Gasteiger charge is 2.11. The molecule has 1 atom stereocenters. The van der Waals surface area contributed by atoms with Crippen LogP contribution < -0.4 is 10.1 Å². The van der Waals surface area contributed by atoms with Gasteiger partial charge in [0.1, 0.15) is 5.75 Å². The Hall–Kier alpha value is -0.540. The smallest absolute Gasteiger partial charge is 0.120 e. The molecule has 0 amide bonds. The van der Waals surface area contributed by atoms with Gasteiger partial charge in [-0.3, -0.25) is 0 Å². The van der Waals surface area contributed by atoms with Crippen LogP contribution in [0.5, 0.6) is 5.75 Å². The molecule has 94 valence electrons. The summed E-state index contributed by atoms with van der Waals surface area (Å²) < 4.78 is 6.85. The molecule has 0 bridgehead atoms. The van der Waals surface area contributed by atoms with Crippen molar-refractivity contribution >= 4 is 15.9 Å². The average molecular weight is 298 g/mol. The maximum absolute atomic E-state index is 5.77. The van der Waals surface area contributed by atoms with E-state index >= 15 is 0 Å². The highest BCUT2D eigenvalue weighted by molar-refractivity contribution is 9.10. The van der Waals surface area contributed by atoms with E-state index < -0.39 is 0 Å². The van der Waals surface area contributed by atoms with Gasteiger partial charge in [-0.05, 0) is 56.5 Å². The fraction of sp³-hybridized carbons (Fsp3) is 0.571. The summed E-state index contributed by atoms with van der Waals surface area (Å²) in [6.45, 7) is 3.16. The quantitative estimate of drug-likeness (QED) is 0.917. The Labute approximate surface area is 112 Å². The van der Waals surface area contributed by atoms with Crippen molar-refractivity contribution < 1.29 is 4.74 Å². The predicted octanol–water partition coefficient (Wildman–Crippen LogP) is 3.61. The molecule has 17 heavy (non-hydrogen) atoms. The largest absolute Gasteiger partial charge is 0.494 e. The molecule has 3 heteroatoms. The molecule has 1 heterocycles. The standard InChI is InChI=1S/C14H20BrNO/c15-13-5-3-6-14(10-13)17-9-7-12-4-1-2-8-16-11-12/h3,5-6,10,12,16H,1-2,4,7-9,11H2. The molecule has 2 nitrogen and oxygen atoms in total. The summed E-state index contributed by atoms with van der Waals surface area (Å²) in [6, 6.07) is 8.05. The lowest BCUT2D eigenvalue weighted by atomic mass is 10.0. The van der Waals surface area contributed by atoms with Crippen molar-refractivity contribution in [3.05, 3.63) is 28.7 Å². The summed E-state index contributed by atoms with van der Waals surface area (Å²) in [5, 5.41) is 3.49. The average Bonchev–Trinajstić information content (AvgIpc) is 2.58. The summed E-state index contributed by atoms with van der Waals surface area (Å²) in [7, 11) is 0. The van der Waals surface area contributed by atoms with Crippen LogP contribution in [0.1, 0.15) is 25.7 Å². The zero-order valence-electron chi connectivity index (χ0n) is 10.1. The molecule has 1 aromatic rings. The topological polar surface area (TPSA) is 21.3 Å². The van der Waals surface area contributed by atoms with Crippen LogP contribution in [0.15, 0.2) is 28.7 Å². The third kappa shape index (κ3) is 4.68. The van der Waals surface area contributed by atoms with Gasteiger partial charge in [0.15, 0.2) is 0 Å². The first-order valence-electron chi connectivity index (χ1n) is 6.44. The number of rotatable bonds is 4. The van der Waals surface area contributed by atoms with Crippen molar-refractivity contribution in [3.8, 4) is 5.75 Å². The number of nitrogens with one attached hydrogen (secondary N) is 1. The van der Waals surface area contributed by atoms with E-state index in [2.05, 4.69) is 21.2 Å². The molecule has 1 unspecified atom stereocenters. The first kappa shape index (κ1) is 12.9. The number of halogens is 1. The summed E-state index contributed by atoms with van der Waals surface area (Å²) in [5.41, 5.74) is 0. The maximum Gasteiger partial charge on any atom is 0.120 e. The molecule has 0 aliphatic carbocycles. The molecule has 0 spiro atoms. The monoisotopic (exact) mass is 297 g/mol. The van der Waals surface area contributed by atoms with Crippen molar-refractivity contribution in [1.29, 1.82) is 0 Å². The SMILES string of the molecule is Brc1cccc(OCCC2CCCCNC2)c1. The molecule has 1 fully saturated rings. The number of hydrogen-bond acceptors (Lipinski definition) is 2. The molecule has 0 saturated carbocycles. The minimum absolute atomic E-state index is 0.782. The van der Waals surface area contributed by atoms with E-state index in [1.165, 1.54) is 25.8 Å². The van der Waals surface area contributed by atoms with Gasteiger partial charge in [-0.1, -0.05) is 28.4 Å². The summed E-state index contributed by atoms with van der Waals surface area (Å²) >= 11 is 3.45. The van der Waals surface area contributed by atoms with Crippen molar-refractivity contribution in [1.82, 2.24) is 5.32 Å². The lowest BCUT2D eigenvalue weighted by Gasteiger charge is -2.14. The molecule has 2 rings (SSSR count). The van der Waals surface area contributed by atoms with E-state index in [9.17, 15) is 0 Å². The first-order valence-corrected chi connectivity index (χ1v) is 7.23. The zero-order valence-corrected chi connectivity index (χ0v) is 11.7. The van der Waals surface area contributed by atoms with Gasteiger partial charge in [0.2, 0.25) is 0 Å². The third-order valence-electron chi connectivity index (χ3n) is 3.24. The second-order valence-electron chi connectivity index (χ2n) is 4.66. The van der Waals surface area contributed by atoms with Gasteiger partial charge < -0.3 is 10.1 Å². The zero-order chi connectivity index (χ0) is 11.9. The Morgan fingerprint density at radius 1 is 1.35 bits per heavy atom. The molecule has 1 aliphatic heterocycles. The number of ether oxygens (including phenoxy) is 1. The van der Waals surface area contributed by atoms with Gasteiger partial charge in [0, 0.05) is 4.47 Å². The minimum atomic E-state index is 0.782. The molecular formula is C14H20BrNO. The van der Waals surface area contributed by atoms with Gasteiger partial charge in [-0.2, -0.15) is 0 Å². The lowest BCUT2D eigenvalue weighted by molar-refractivity contribution is 0.272. The van der Waals surface area contributed by atoms with Crippen LogP contribution >= 0.6 is 15.9 Å². The van der Waals surface area contributed by atoms with Crippen LogP contribution in [0.3, 0.4) is 0 Å². The minimum Gasteiger partial charge on any atom is -0.494 e. The maximum atomic E-state index is 5.77. The molecular weight excluding hydrogens is 278 g/mol. The third-order valence-corrected chi connectivity index (χ3v) is 3.73. The van der Waals surface area contributed by atoms with Gasteiger partial charge in [0.25, 0.3) is 0 Å². The fourth-order valence-corrected chi connectivity index (χ4v) is 2.62. The second-order valence-corrected chi connectivity index (χ2v) is 5.58. The Kier molecular flexibility index (Phi) is 5.33. The normalized spacial score (nSPS) is 20.9. The second kappa shape index (κ2) is 7.02. The summed E-state index contributed by atoms with van der Waals surface area (Å²) in [5.74, 6) is 1.74. The van der Waals surface area contributed by atoms with E-state index in [0.29, 0.717) is 0 Å². The molecule has 1 aromatic carbocycles. The molecule has 0 radical (unpaired) electrons. The van der Waals surface area contributed by atoms with Crippen LogP contribution in [0.4, 0.5) is 0 Å². The molecule has 1 saturated heterocycles. The predicted molar refractivity (Wildman–Crippen MR) is 74.5 cm³/mol. The highest BCUT2D eigenvalue weighted by atomic mass is 79.9. The van der Waals surface area contributed by atoms with Crippen LogP contribution in [0.2, 0.25) is 0 Å². The summed E-state index contributed by atoms with van der Waals surface area (Å²) in [6.07, 6.45) is 5.17. The molecule has 1 aliphatic rings. The first-order chi connectivity index (χ1) is 8.34. The van der Waals surface area contributed by atoms with E-state index in [0.717, 1.165) is 35.7 Å². The van der Waals surface area contributed by atoms with Gasteiger partial charge >= 0.3 is 0 Å². The Bertz CT molecular complexity index is 335. The van der Waals surface area contributed by atoms with E-state index in [1.807, 2.05) is 24.3 Å². The van der Waals surface area contributed by atoms with Crippen LogP contribution in [-0.4, -0.2) is 19.7 Å². The van der Waals surface area contributed by atoms with Crippen molar-refractivity contribution in [2.75, 3.05) is 19.7 Å². The van der Waals surface area contributed by atoms with Crippen molar-refractivity contribution in [2.24, 2.45) is 5.92 Å². The van der Waals surface area contributed by atoms with Crippen LogP contribution in [0, 0.1) is 5.92 Å². The van der Waals surface area contributed by atoms with Gasteiger partial charge in [-0.25, -0.2) is 0 Å². The Morgan fingerprint density at radius 3 is 3.18 bits per heavy atom. The molecule has 0 aromatic heterocycles. The number of hydrogen-bond donors (Lipinski definition) is 1. The van der Waals surface area contributed by atoms with Crippen LogP contribution in [-0.2, 0) is 0 Å². The van der Waals surface area contributed by atoms with E-state index in [1.54, 1.807) is 0 Å². The van der Waals surface area contributed by atoms with Gasteiger partial charge in [-0.15, -0.1) is 0 Å². The molecule has 1 N–H and O–H groups in total.